The standard InChI is InChI=1S/C12H19N3O4/c1-4-5-7-9(17)14-11(19)15(10(7)18)12(2,3)6-8(13)16/h7H,4-6H2,1-3H3,(H2,13,16)(H,14,17,19). The van der Waals surface area contributed by atoms with E-state index in [0.717, 1.165) is 4.90 Å². The fraction of sp³-hybridized carbons (Fsp3) is 0.667. The van der Waals surface area contributed by atoms with E-state index < -0.39 is 35.2 Å². The first-order valence-electron chi connectivity index (χ1n) is 6.18. The number of primary amides is 1. The number of hydrogen-bond acceptors (Lipinski definition) is 4. The van der Waals surface area contributed by atoms with Crippen LogP contribution < -0.4 is 11.1 Å². The van der Waals surface area contributed by atoms with Crippen molar-refractivity contribution in [2.45, 2.75) is 45.6 Å². The molecular weight excluding hydrogens is 250 g/mol. The summed E-state index contributed by atoms with van der Waals surface area (Å²) in [5.41, 5.74) is 4.07. The summed E-state index contributed by atoms with van der Waals surface area (Å²) in [6.07, 6.45) is 0.850. The van der Waals surface area contributed by atoms with Crippen LogP contribution in [0.5, 0.6) is 0 Å². The largest absolute Gasteiger partial charge is 0.370 e. The molecule has 0 radical (unpaired) electrons. The lowest BCUT2D eigenvalue weighted by Crippen LogP contribution is -2.64. The van der Waals surface area contributed by atoms with E-state index in [1.165, 1.54) is 0 Å². The lowest BCUT2D eigenvalue weighted by Gasteiger charge is -2.40. The first-order valence-corrected chi connectivity index (χ1v) is 6.18. The fourth-order valence-corrected chi connectivity index (χ4v) is 2.24. The molecule has 3 N–H and O–H groups in total. The molecule has 7 heteroatoms. The molecule has 1 rings (SSSR count). The normalized spacial score (nSPS) is 20.5. The highest BCUT2D eigenvalue weighted by Gasteiger charge is 2.46. The summed E-state index contributed by atoms with van der Waals surface area (Å²) in [7, 11) is 0. The van der Waals surface area contributed by atoms with Crippen LogP contribution in [0.25, 0.3) is 0 Å². The third kappa shape index (κ3) is 3.10. The Morgan fingerprint density at radius 2 is 1.95 bits per heavy atom. The zero-order valence-electron chi connectivity index (χ0n) is 11.4. The first-order chi connectivity index (χ1) is 8.70. The van der Waals surface area contributed by atoms with E-state index >= 15 is 0 Å². The molecule has 1 aliphatic heterocycles. The van der Waals surface area contributed by atoms with Gasteiger partial charge in [-0.2, -0.15) is 0 Å². The Morgan fingerprint density at radius 1 is 1.37 bits per heavy atom. The number of barbiturate groups is 1. The Bertz CT molecular complexity index is 431. The van der Waals surface area contributed by atoms with Gasteiger partial charge in [-0.05, 0) is 20.3 Å². The van der Waals surface area contributed by atoms with Crippen molar-refractivity contribution in [1.82, 2.24) is 10.2 Å². The molecule has 1 fully saturated rings. The highest BCUT2D eigenvalue weighted by atomic mass is 16.2. The number of urea groups is 1. The number of nitrogens with one attached hydrogen (secondary N) is 1. The molecule has 19 heavy (non-hydrogen) atoms. The molecule has 0 spiro atoms. The number of imide groups is 2. The van der Waals surface area contributed by atoms with Crippen molar-refractivity contribution in [1.29, 1.82) is 0 Å². The van der Waals surface area contributed by atoms with Crippen LogP contribution in [0.2, 0.25) is 0 Å². The monoisotopic (exact) mass is 269 g/mol. The second-order valence-corrected chi connectivity index (χ2v) is 5.26. The van der Waals surface area contributed by atoms with E-state index in [2.05, 4.69) is 5.32 Å². The molecule has 106 valence electrons. The molecule has 1 heterocycles. The van der Waals surface area contributed by atoms with Gasteiger partial charge in [-0.15, -0.1) is 0 Å². The zero-order valence-corrected chi connectivity index (χ0v) is 11.4. The van der Waals surface area contributed by atoms with Gasteiger partial charge in [-0.25, -0.2) is 4.79 Å². The third-order valence-electron chi connectivity index (χ3n) is 3.06. The van der Waals surface area contributed by atoms with Crippen molar-refractivity contribution in [2.75, 3.05) is 0 Å². The first kappa shape index (κ1) is 15.1. The minimum atomic E-state index is -1.06. The Labute approximate surface area is 111 Å². The summed E-state index contributed by atoms with van der Waals surface area (Å²) >= 11 is 0. The lowest BCUT2D eigenvalue weighted by molar-refractivity contribution is -0.146. The molecule has 0 saturated carbocycles. The Hall–Kier alpha value is -1.92. The molecule has 1 unspecified atom stereocenters. The van der Waals surface area contributed by atoms with Crippen LogP contribution in [0, 0.1) is 5.92 Å². The van der Waals surface area contributed by atoms with Gasteiger partial charge in [0.25, 0.3) is 0 Å². The van der Waals surface area contributed by atoms with Gasteiger partial charge in [-0.1, -0.05) is 13.3 Å². The number of carbonyl (C=O) groups excluding carboxylic acids is 4. The second kappa shape index (κ2) is 5.38. The van der Waals surface area contributed by atoms with Crippen LogP contribution in [-0.2, 0) is 14.4 Å². The molecule has 0 aliphatic carbocycles. The Balaban J connectivity index is 3.04. The fourth-order valence-electron chi connectivity index (χ4n) is 2.24. The van der Waals surface area contributed by atoms with Crippen LogP contribution >= 0.6 is 0 Å². The van der Waals surface area contributed by atoms with Crippen LogP contribution in [0.15, 0.2) is 0 Å². The van der Waals surface area contributed by atoms with Gasteiger partial charge in [0.2, 0.25) is 17.7 Å². The second-order valence-electron chi connectivity index (χ2n) is 5.26. The number of amides is 5. The van der Waals surface area contributed by atoms with Gasteiger partial charge in [0.05, 0.1) is 5.54 Å². The van der Waals surface area contributed by atoms with E-state index in [9.17, 15) is 19.2 Å². The highest BCUT2D eigenvalue weighted by Crippen LogP contribution is 2.26. The predicted octanol–water partition coefficient (Wildman–Crippen LogP) is 0.135. The van der Waals surface area contributed by atoms with Crippen LogP contribution in [0.1, 0.15) is 40.0 Å². The van der Waals surface area contributed by atoms with Crippen molar-refractivity contribution < 1.29 is 19.2 Å². The molecular formula is C12H19N3O4. The smallest absolute Gasteiger partial charge is 0.331 e. The van der Waals surface area contributed by atoms with Gasteiger partial charge >= 0.3 is 6.03 Å². The summed E-state index contributed by atoms with van der Waals surface area (Å²) in [5.74, 6) is -2.64. The van der Waals surface area contributed by atoms with Crippen molar-refractivity contribution >= 4 is 23.8 Å². The minimum Gasteiger partial charge on any atom is -0.370 e. The summed E-state index contributed by atoms with van der Waals surface area (Å²) in [4.78, 5) is 47.7. The molecule has 7 nitrogen and oxygen atoms in total. The van der Waals surface area contributed by atoms with E-state index in [-0.39, 0.29) is 6.42 Å². The van der Waals surface area contributed by atoms with Crippen molar-refractivity contribution in [3.63, 3.8) is 0 Å². The van der Waals surface area contributed by atoms with Gasteiger partial charge in [0.15, 0.2) is 0 Å². The van der Waals surface area contributed by atoms with E-state index in [0.29, 0.717) is 12.8 Å². The zero-order chi connectivity index (χ0) is 14.8. The average Bonchev–Trinajstić information content (AvgIpc) is 2.21. The SMILES string of the molecule is CCCC1C(=O)NC(=O)N(C(C)(C)CC(N)=O)C1=O. The Kier molecular flexibility index (Phi) is 4.28. The molecule has 5 amide bonds. The number of hydrogen-bond donors (Lipinski definition) is 2. The molecule has 1 atom stereocenters. The van der Waals surface area contributed by atoms with Crippen LogP contribution in [-0.4, -0.2) is 34.2 Å². The topological polar surface area (TPSA) is 110 Å². The molecule has 1 saturated heterocycles. The summed E-state index contributed by atoms with van der Waals surface area (Å²) in [6.45, 7) is 4.97. The molecule has 1 aliphatic rings. The number of carbonyl (C=O) groups is 4. The quantitative estimate of drug-likeness (QED) is 0.691. The van der Waals surface area contributed by atoms with E-state index in [1.807, 2.05) is 6.92 Å². The number of nitrogens with zero attached hydrogens (tertiary/aromatic N) is 1. The molecule has 0 aromatic rings. The summed E-state index contributed by atoms with van der Waals surface area (Å²) < 4.78 is 0. The summed E-state index contributed by atoms with van der Waals surface area (Å²) in [6, 6.07) is -0.798. The maximum Gasteiger partial charge on any atom is 0.331 e. The molecule has 0 bridgehead atoms. The number of nitrogens with two attached hydrogens (primary N) is 1. The van der Waals surface area contributed by atoms with Crippen molar-refractivity contribution in [3.8, 4) is 0 Å². The van der Waals surface area contributed by atoms with Gasteiger partial charge in [0, 0.05) is 6.42 Å². The predicted molar refractivity (Wildman–Crippen MR) is 66.7 cm³/mol. The summed E-state index contributed by atoms with van der Waals surface area (Å²) in [5, 5.41) is 2.15. The van der Waals surface area contributed by atoms with Crippen LogP contribution in [0.3, 0.4) is 0 Å². The molecule has 0 aromatic heterocycles. The Morgan fingerprint density at radius 3 is 2.42 bits per heavy atom. The van der Waals surface area contributed by atoms with E-state index in [4.69, 9.17) is 5.73 Å². The maximum atomic E-state index is 12.3. The van der Waals surface area contributed by atoms with Crippen LogP contribution in [0.4, 0.5) is 4.79 Å². The van der Waals surface area contributed by atoms with Gasteiger partial charge in [0.1, 0.15) is 5.92 Å². The van der Waals surface area contributed by atoms with Crippen molar-refractivity contribution in [2.24, 2.45) is 11.7 Å². The van der Waals surface area contributed by atoms with E-state index in [1.54, 1.807) is 13.8 Å². The lowest BCUT2D eigenvalue weighted by atomic mass is 9.92. The van der Waals surface area contributed by atoms with Crippen molar-refractivity contribution in [3.05, 3.63) is 0 Å². The highest BCUT2D eigenvalue weighted by molar-refractivity contribution is 6.16. The number of rotatable bonds is 5. The van der Waals surface area contributed by atoms with Gasteiger partial charge < -0.3 is 5.73 Å². The molecule has 0 aromatic carbocycles. The maximum absolute atomic E-state index is 12.3. The minimum absolute atomic E-state index is 0.154. The third-order valence-corrected chi connectivity index (χ3v) is 3.06. The van der Waals surface area contributed by atoms with Gasteiger partial charge in [-0.3, -0.25) is 24.6 Å². The average molecular weight is 269 g/mol.